The number of rotatable bonds is 63. The highest BCUT2D eigenvalue weighted by Gasteiger charge is 2.51. The summed E-state index contributed by atoms with van der Waals surface area (Å²) in [5.74, 6) is -0.248. The number of unbranched alkanes of at least 4 members (excludes halogenated alkanes) is 34. The summed E-state index contributed by atoms with van der Waals surface area (Å²) in [6.45, 7) is 2.70. The standard InChI is InChI=1S/C81H141NO13/c1-3-5-7-9-11-13-15-17-19-21-23-25-27-28-29-30-31-32-33-34-35-36-37-38-39-40-41-42-43-45-47-49-51-53-55-57-59-61-63-65-73(86)82-69(68-92-80-78(91)76(89)79(72(67-84)94-80)95-81-77(90)75(88)74(87)71(66-83)93-81)70(85)64-62-60-58-56-54-52-50-48-46-44-26-24-22-20-18-16-14-12-10-8-6-4-2/h5,7,11,13,17,19,23,25,28-29,31-32,34-35,54,56,62,64,69-72,74-81,83-85,87-91H,3-4,6,8-10,12,14-16,18,20-22,24,26-27,30,33,36-53,55,57-61,63,65-68H2,1-2H3,(H,82,86)/b7-5-,13-11-,19-17-,25-23-,29-28-,32-31-,35-34-,56-54+,64-62+. The fraction of sp³-hybridized carbons (Fsp3) is 0.765. The lowest BCUT2D eigenvalue weighted by Crippen LogP contribution is -2.65. The van der Waals surface area contributed by atoms with Crippen molar-refractivity contribution in [2.75, 3.05) is 19.8 Å². The van der Waals surface area contributed by atoms with Gasteiger partial charge in [0.05, 0.1) is 32.0 Å². The second-order valence-electron chi connectivity index (χ2n) is 26.7. The molecule has 9 N–H and O–H groups in total. The fourth-order valence-corrected chi connectivity index (χ4v) is 12.1. The van der Waals surface area contributed by atoms with Gasteiger partial charge in [0.15, 0.2) is 12.6 Å². The van der Waals surface area contributed by atoms with Crippen LogP contribution in [0.3, 0.4) is 0 Å². The molecule has 0 aromatic carbocycles. The maximum atomic E-state index is 13.4. The van der Waals surface area contributed by atoms with Crippen molar-refractivity contribution < 1.29 is 64.6 Å². The van der Waals surface area contributed by atoms with E-state index in [1.165, 1.54) is 193 Å². The maximum absolute atomic E-state index is 13.4. The number of hydrogen-bond donors (Lipinski definition) is 9. The number of ether oxygens (including phenoxy) is 4. The van der Waals surface area contributed by atoms with Gasteiger partial charge in [0.1, 0.15) is 48.8 Å². The molecule has 12 atom stereocenters. The summed E-state index contributed by atoms with van der Waals surface area (Å²) in [5.41, 5.74) is 0. The lowest BCUT2D eigenvalue weighted by atomic mass is 9.97. The number of hydrogen-bond acceptors (Lipinski definition) is 13. The summed E-state index contributed by atoms with van der Waals surface area (Å²) in [4.78, 5) is 13.4. The Morgan fingerprint density at radius 2 is 0.737 bits per heavy atom. The molecular weight excluding hydrogens is 1190 g/mol. The third-order valence-electron chi connectivity index (χ3n) is 18.2. The summed E-state index contributed by atoms with van der Waals surface area (Å²) in [5, 5.41) is 87.5. The summed E-state index contributed by atoms with van der Waals surface area (Å²) in [6, 6.07) is -0.937. The van der Waals surface area contributed by atoms with E-state index in [-0.39, 0.29) is 18.9 Å². The molecule has 2 rings (SSSR count). The molecule has 2 aliphatic rings. The lowest BCUT2D eigenvalue weighted by molar-refractivity contribution is -0.359. The molecule has 0 aliphatic carbocycles. The first-order chi connectivity index (χ1) is 46.6. The SMILES string of the molecule is CC/C=C\C/C=C\C/C=C\C/C=C\C/C=C\C/C=C\C/C=C\CCCCCCCCCCCCCCCCCCCC(=O)NC(COC1OC(CO)C(OC2OC(CO)C(O)C(O)C2O)C(O)C1O)C(O)/C=C/CC/C=C/CCCCCCCCCCCCCCCCCC. The minimum Gasteiger partial charge on any atom is -0.394 e. The summed E-state index contributed by atoms with van der Waals surface area (Å²) in [7, 11) is 0. The van der Waals surface area contributed by atoms with Gasteiger partial charge in [-0.15, -0.1) is 0 Å². The molecule has 14 nitrogen and oxygen atoms in total. The molecule has 0 spiro atoms. The average molecular weight is 1340 g/mol. The van der Waals surface area contributed by atoms with Crippen molar-refractivity contribution in [2.24, 2.45) is 0 Å². The summed E-state index contributed by atoms with van der Waals surface area (Å²) >= 11 is 0. The number of aliphatic hydroxyl groups excluding tert-OH is 8. The van der Waals surface area contributed by atoms with Gasteiger partial charge in [-0.1, -0.05) is 316 Å². The van der Waals surface area contributed by atoms with Crippen LogP contribution >= 0.6 is 0 Å². The van der Waals surface area contributed by atoms with Crippen LogP contribution in [-0.4, -0.2) is 140 Å². The van der Waals surface area contributed by atoms with Gasteiger partial charge in [0.25, 0.3) is 0 Å². The molecule has 1 amide bonds. The first kappa shape index (κ1) is 87.7. The van der Waals surface area contributed by atoms with Gasteiger partial charge >= 0.3 is 0 Å². The van der Waals surface area contributed by atoms with Crippen LogP contribution in [0, 0.1) is 0 Å². The van der Waals surface area contributed by atoms with Crippen LogP contribution in [-0.2, 0) is 23.7 Å². The highest BCUT2D eigenvalue weighted by atomic mass is 16.7. The molecule has 14 heteroatoms. The molecule has 95 heavy (non-hydrogen) atoms. The molecule has 2 heterocycles. The van der Waals surface area contributed by atoms with E-state index in [2.05, 4.69) is 116 Å². The number of allylic oxidation sites excluding steroid dienone is 17. The van der Waals surface area contributed by atoms with Crippen LogP contribution in [0.15, 0.2) is 109 Å². The van der Waals surface area contributed by atoms with E-state index in [0.29, 0.717) is 12.8 Å². The second-order valence-corrected chi connectivity index (χ2v) is 26.7. The first-order valence-electron chi connectivity index (χ1n) is 38.6. The molecule has 0 bridgehead atoms. The van der Waals surface area contributed by atoms with Gasteiger partial charge < -0.3 is 65.1 Å². The van der Waals surface area contributed by atoms with Gasteiger partial charge in [-0.25, -0.2) is 0 Å². The van der Waals surface area contributed by atoms with Crippen LogP contribution in [0.1, 0.15) is 303 Å². The van der Waals surface area contributed by atoms with Gasteiger partial charge in [-0.2, -0.15) is 0 Å². The third-order valence-corrected chi connectivity index (χ3v) is 18.2. The quantitative estimate of drug-likeness (QED) is 0.0204. The van der Waals surface area contributed by atoms with E-state index in [4.69, 9.17) is 18.9 Å². The molecule has 0 saturated carbocycles. The van der Waals surface area contributed by atoms with E-state index in [9.17, 15) is 45.6 Å². The zero-order valence-corrected chi connectivity index (χ0v) is 59.9. The van der Waals surface area contributed by atoms with Crippen molar-refractivity contribution in [3.05, 3.63) is 109 Å². The Hall–Kier alpha value is -3.35. The predicted molar refractivity (Wildman–Crippen MR) is 392 cm³/mol. The normalized spacial score (nSPS) is 23.0. The van der Waals surface area contributed by atoms with E-state index >= 15 is 0 Å². The summed E-state index contributed by atoms with van der Waals surface area (Å²) in [6.07, 6.45) is 75.9. The van der Waals surface area contributed by atoms with Gasteiger partial charge in [0, 0.05) is 6.42 Å². The first-order valence-corrected chi connectivity index (χ1v) is 38.6. The Morgan fingerprint density at radius 3 is 1.16 bits per heavy atom. The number of amides is 1. The van der Waals surface area contributed by atoms with Crippen LogP contribution in [0.5, 0.6) is 0 Å². The van der Waals surface area contributed by atoms with Crippen molar-refractivity contribution in [3.8, 4) is 0 Å². The highest BCUT2D eigenvalue weighted by molar-refractivity contribution is 5.76. The van der Waals surface area contributed by atoms with Crippen LogP contribution in [0.25, 0.3) is 0 Å². The third kappa shape index (κ3) is 47.4. The minimum absolute atomic E-state index is 0.248. The number of nitrogens with one attached hydrogen (secondary N) is 1. The topological polar surface area (TPSA) is 228 Å². The zero-order chi connectivity index (χ0) is 68.7. The Bertz CT molecular complexity index is 2010. The van der Waals surface area contributed by atoms with E-state index in [1.54, 1.807) is 6.08 Å². The van der Waals surface area contributed by atoms with E-state index in [1.807, 2.05) is 6.08 Å². The molecule has 2 saturated heterocycles. The van der Waals surface area contributed by atoms with Crippen LogP contribution < -0.4 is 5.32 Å². The van der Waals surface area contributed by atoms with E-state index < -0.39 is 86.8 Å². The number of carbonyl (C=O) groups excluding carboxylic acids is 1. The second kappa shape index (κ2) is 64.1. The lowest BCUT2D eigenvalue weighted by Gasteiger charge is -2.46. The molecule has 0 aromatic heterocycles. The smallest absolute Gasteiger partial charge is 0.220 e. The molecule has 0 aromatic rings. The largest absolute Gasteiger partial charge is 0.394 e. The Kier molecular flexibility index (Phi) is 59.2. The van der Waals surface area contributed by atoms with Crippen molar-refractivity contribution in [1.82, 2.24) is 5.32 Å². The van der Waals surface area contributed by atoms with Crippen LogP contribution in [0.2, 0.25) is 0 Å². The van der Waals surface area contributed by atoms with Gasteiger partial charge in [-0.05, 0) is 89.9 Å². The van der Waals surface area contributed by atoms with Crippen molar-refractivity contribution in [2.45, 2.75) is 376 Å². The number of aliphatic hydroxyl groups is 8. The Morgan fingerprint density at radius 1 is 0.389 bits per heavy atom. The molecular formula is C81H141NO13. The minimum atomic E-state index is -1.80. The molecule has 2 fully saturated rings. The zero-order valence-electron chi connectivity index (χ0n) is 59.9. The van der Waals surface area contributed by atoms with Crippen molar-refractivity contribution in [1.29, 1.82) is 0 Å². The molecule has 2 aliphatic heterocycles. The van der Waals surface area contributed by atoms with E-state index in [0.717, 1.165) is 77.0 Å². The van der Waals surface area contributed by atoms with Gasteiger partial charge in [-0.3, -0.25) is 4.79 Å². The number of carbonyl (C=O) groups is 1. The van der Waals surface area contributed by atoms with Crippen molar-refractivity contribution in [3.63, 3.8) is 0 Å². The van der Waals surface area contributed by atoms with Crippen molar-refractivity contribution >= 4 is 5.91 Å². The maximum Gasteiger partial charge on any atom is 0.220 e. The average Bonchev–Trinajstić information content (AvgIpc) is 0.801. The molecule has 12 unspecified atom stereocenters. The molecule has 548 valence electrons. The predicted octanol–water partition coefficient (Wildman–Crippen LogP) is 17.1. The Labute approximate surface area is 578 Å². The Balaban J connectivity index is 1.61. The highest BCUT2D eigenvalue weighted by Crippen LogP contribution is 2.30. The summed E-state index contributed by atoms with van der Waals surface area (Å²) < 4.78 is 22.9. The monoisotopic (exact) mass is 1340 g/mol. The fourth-order valence-electron chi connectivity index (χ4n) is 12.1. The molecule has 0 radical (unpaired) electrons. The van der Waals surface area contributed by atoms with Gasteiger partial charge in [0.2, 0.25) is 5.91 Å². The van der Waals surface area contributed by atoms with Crippen LogP contribution in [0.4, 0.5) is 0 Å².